The van der Waals surface area contributed by atoms with Crippen LogP contribution in [0.3, 0.4) is 0 Å². The topological polar surface area (TPSA) is 21.3 Å². The van der Waals surface area contributed by atoms with Crippen LogP contribution in [0.25, 0.3) is 0 Å². The van der Waals surface area contributed by atoms with Gasteiger partial charge in [-0.2, -0.15) is 0 Å². The quantitative estimate of drug-likeness (QED) is 0.733. The van der Waals surface area contributed by atoms with Crippen LogP contribution in [0.2, 0.25) is 0 Å². The Kier molecular flexibility index (Phi) is 6.06. The highest BCUT2D eigenvalue weighted by Gasteiger charge is 2.05. The van der Waals surface area contributed by atoms with E-state index >= 15 is 0 Å². The number of nitrogens with one attached hydrogen (secondary N) is 1. The van der Waals surface area contributed by atoms with E-state index in [0.717, 1.165) is 25.3 Å². The van der Waals surface area contributed by atoms with Crippen molar-refractivity contribution in [3.8, 4) is 5.75 Å². The van der Waals surface area contributed by atoms with Crippen molar-refractivity contribution in [1.82, 2.24) is 5.32 Å². The van der Waals surface area contributed by atoms with E-state index in [9.17, 15) is 0 Å². The lowest BCUT2D eigenvalue weighted by Gasteiger charge is -2.12. The van der Waals surface area contributed by atoms with Gasteiger partial charge < -0.3 is 10.1 Å². The first-order valence-electron chi connectivity index (χ1n) is 6.53. The maximum Gasteiger partial charge on any atom is 0.119 e. The Hall–Kier alpha value is -1.02. The van der Waals surface area contributed by atoms with Gasteiger partial charge in [-0.25, -0.2) is 0 Å². The molecule has 0 amide bonds. The maximum atomic E-state index is 5.27. The van der Waals surface area contributed by atoms with E-state index in [4.69, 9.17) is 4.74 Å². The van der Waals surface area contributed by atoms with E-state index in [1.165, 1.54) is 29.5 Å². The lowest BCUT2D eigenvalue weighted by molar-refractivity contribution is 0.414. The Bertz CT molecular complexity index is 324. The van der Waals surface area contributed by atoms with Crippen LogP contribution in [-0.2, 0) is 6.42 Å². The number of unbranched alkanes of at least 4 members (excludes halogenated alkanes) is 1. The van der Waals surface area contributed by atoms with Crippen LogP contribution in [0, 0.1) is 13.8 Å². The molecule has 0 saturated carbocycles. The lowest BCUT2D eigenvalue weighted by atomic mass is 9.99. The minimum Gasteiger partial charge on any atom is -0.497 e. The lowest BCUT2D eigenvalue weighted by Crippen LogP contribution is -2.19. The Morgan fingerprint density at radius 2 is 1.76 bits per heavy atom. The molecule has 2 heteroatoms. The second kappa shape index (κ2) is 7.33. The predicted molar refractivity (Wildman–Crippen MR) is 73.9 cm³/mol. The molecule has 0 radical (unpaired) electrons. The third-order valence-corrected chi connectivity index (χ3v) is 3.16. The normalized spacial score (nSPS) is 10.6. The van der Waals surface area contributed by atoms with Crippen molar-refractivity contribution in [2.45, 2.75) is 40.0 Å². The highest BCUT2D eigenvalue weighted by Crippen LogP contribution is 2.21. The number of aryl methyl sites for hydroxylation is 2. The van der Waals surface area contributed by atoms with E-state index in [1.54, 1.807) is 7.11 Å². The fourth-order valence-corrected chi connectivity index (χ4v) is 2.11. The summed E-state index contributed by atoms with van der Waals surface area (Å²) in [4.78, 5) is 0. The van der Waals surface area contributed by atoms with Crippen LogP contribution in [0.4, 0.5) is 0 Å². The molecule has 0 unspecified atom stereocenters. The molecule has 0 spiro atoms. The van der Waals surface area contributed by atoms with Crippen LogP contribution >= 0.6 is 0 Å². The Morgan fingerprint density at radius 3 is 2.29 bits per heavy atom. The SMILES string of the molecule is CCCCNCCc1c(C)cc(OC)cc1C. The maximum absolute atomic E-state index is 5.27. The standard InChI is InChI=1S/C15H25NO/c1-5-6-8-16-9-7-15-12(2)10-14(17-4)11-13(15)3/h10-11,16H,5-9H2,1-4H3. The molecule has 0 aromatic heterocycles. The molecule has 0 bridgehead atoms. The molecule has 2 nitrogen and oxygen atoms in total. The summed E-state index contributed by atoms with van der Waals surface area (Å²) in [6, 6.07) is 4.24. The van der Waals surface area contributed by atoms with Crippen LogP contribution in [0.15, 0.2) is 12.1 Å². The molecule has 0 heterocycles. The molecule has 0 atom stereocenters. The van der Waals surface area contributed by atoms with Gasteiger partial charge in [0, 0.05) is 0 Å². The van der Waals surface area contributed by atoms with E-state index < -0.39 is 0 Å². The van der Waals surface area contributed by atoms with Gasteiger partial charge in [0.05, 0.1) is 7.11 Å². The van der Waals surface area contributed by atoms with Crippen molar-refractivity contribution in [3.63, 3.8) is 0 Å². The fraction of sp³-hybridized carbons (Fsp3) is 0.600. The van der Waals surface area contributed by atoms with Crippen molar-refractivity contribution in [2.24, 2.45) is 0 Å². The van der Waals surface area contributed by atoms with Gasteiger partial charge in [0.15, 0.2) is 0 Å². The van der Waals surface area contributed by atoms with Gasteiger partial charge in [-0.05, 0) is 68.6 Å². The number of hydrogen-bond acceptors (Lipinski definition) is 2. The van der Waals surface area contributed by atoms with Gasteiger partial charge in [0.2, 0.25) is 0 Å². The molecule has 0 fully saturated rings. The van der Waals surface area contributed by atoms with Crippen LogP contribution < -0.4 is 10.1 Å². The van der Waals surface area contributed by atoms with Crippen molar-refractivity contribution < 1.29 is 4.74 Å². The summed E-state index contributed by atoms with van der Waals surface area (Å²) in [5.41, 5.74) is 4.12. The van der Waals surface area contributed by atoms with Crippen LogP contribution in [0.1, 0.15) is 36.5 Å². The molecule has 0 aliphatic carbocycles. The molecule has 0 aliphatic rings. The number of ether oxygens (including phenoxy) is 1. The fourth-order valence-electron chi connectivity index (χ4n) is 2.11. The Morgan fingerprint density at radius 1 is 1.12 bits per heavy atom. The molecule has 1 rings (SSSR count). The average Bonchev–Trinajstić information content (AvgIpc) is 2.31. The largest absolute Gasteiger partial charge is 0.497 e. The van der Waals surface area contributed by atoms with E-state index in [2.05, 4.69) is 38.2 Å². The summed E-state index contributed by atoms with van der Waals surface area (Å²) in [6.45, 7) is 8.74. The molecule has 1 N–H and O–H groups in total. The van der Waals surface area contributed by atoms with Crippen molar-refractivity contribution >= 4 is 0 Å². The smallest absolute Gasteiger partial charge is 0.119 e. The zero-order chi connectivity index (χ0) is 12.7. The highest BCUT2D eigenvalue weighted by molar-refractivity contribution is 5.41. The van der Waals surface area contributed by atoms with E-state index in [0.29, 0.717) is 0 Å². The summed E-state index contributed by atoms with van der Waals surface area (Å²) >= 11 is 0. The summed E-state index contributed by atoms with van der Waals surface area (Å²) in [5.74, 6) is 0.961. The van der Waals surface area contributed by atoms with Crippen LogP contribution in [-0.4, -0.2) is 20.2 Å². The number of benzene rings is 1. The van der Waals surface area contributed by atoms with Crippen molar-refractivity contribution in [3.05, 3.63) is 28.8 Å². The average molecular weight is 235 g/mol. The molecule has 0 saturated heterocycles. The van der Waals surface area contributed by atoms with Crippen molar-refractivity contribution in [1.29, 1.82) is 0 Å². The van der Waals surface area contributed by atoms with Gasteiger partial charge in [-0.1, -0.05) is 13.3 Å². The minimum absolute atomic E-state index is 0.961. The first-order valence-corrected chi connectivity index (χ1v) is 6.53. The summed E-state index contributed by atoms with van der Waals surface area (Å²) in [7, 11) is 1.72. The first-order chi connectivity index (χ1) is 8.19. The molecular formula is C15H25NO. The van der Waals surface area contributed by atoms with Gasteiger partial charge in [0.25, 0.3) is 0 Å². The molecule has 1 aromatic rings. The molecule has 17 heavy (non-hydrogen) atoms. The second-order valence-corrected chi connectivity index (χ2v) is 4.59. The van der Waals surface area contributed by atoms with E-state index in [-0.39, 0.29) is 0 Å². The molecule has 96 valence electrons. The zero-order valence-electron chi connectivity index (χ0n) is 11.6. The van der Waals surface area contributed by atoms with Gasteiger partial charge >= 0.3 is 0 Å². The number of methoxy groups -OCH3 is 1. The molecule has 0 aliphatic heterocycles. The monoisotopic (exact) mass is 235 g/mol. The third kappa shape index (κ3) is 4.39. The van der Waals surface area contributed by atoms with E-state index in [1.807, 2.05) is 0 Å². The zero-order valence-corrected chi connectivity index (χ0v) is 11.6. The van der Waals surface area contributed by atoms with Gasteiger partial charge in [0.1, 0.15) is 5.75 Å². The second-order valence-electron chi connectivity index (χ2n) is 4.59. The Balaban J connectivity index is 2.53. The molecular weight excluding hydrogens is 210 g/mol. The molecule has 1 aromatic carbocycles. The summed E-state index contributed by atoms with van der Waals surface area (Å²) in [6.07, 6.45) is 3.62. The first kappa shape index (κ1) is 14.0. The van der Waals surface area contributed by atoms with Crippen molar-refractivity contribution in [2.75, 3.05) is 20.2 Å². The van der Waals surface area contributed by atoms with Crippen LogP contribution in [0.5, 0.6) is 5.75 Å². The summed E-state index contributed by atoms with van der Waals surface area (Å²) < 4.78 is 5.27. The van der Waals surface area contributed by atoms with Gasteiger partial charge in [-0.15, -0.1) is 0 Å². The highest BCUT2D eigenvalue weighted by atomic mass is 16.5. The third-order valence-electron chi connectivity index (χ3n) is 3.16. The predicted octanol–water partition coefficient (Wildman–Crippen LogP) is 3.24. The van der Waals surface area contributed by atoms with Gasteiger partial charge in [-0.3, -0.25) is 0 Å². The Labute approximate surface area is 105 Å². The number of hydrogen-bond donors (Lipinski definition) is 1. The summed E-state index contributed by atoms with van der Waals surface area (Å²) in [5, 5.41) is 3.49. The minimum atomic E-state index is 0.961. The number of rotatable bonds is 7.